The quantitative estimate of drug-likeness (QED) is 0.286. The molecule has 158 valence electrons. The van der Waals surface area contributed by atoms with Gasteiger partial charge in [-0.3, -0.25) is 14.9 Å². The van der Waals surface area contributed by atoms with E-state index in [-0.39, 0.29) is 17.1 Å². The first-order valence-electron chi connectivity index (χ1n) is 8.57. The van der Waals surface area contributed by atoms with E-state index in [0.717, 1.165) is 6.08 Å². The Balaban J connectivity index is 1.96. The van der Waals surface area contributed by atoms with Gasteiger partial charge >= 0.3 is 5.97 Å². The number of benzene rings is 2. The number of anilines is 1. The zero-order valence-electron chi connectivity index (χ0n) is 16.5. The minimum Gasteiger partial charge on any atom is -0.497 e. The van der Waals surface area contributed by atoms with Crippen LogP contribution in [0.25, 0.3) is 6.08 Å². The summed E-state index contributed by atoms with van der Waals surface area (Å²) in [7, 11) is 4.32. The first-order chi connectivity index (χ1) is 14.4. The lowest BCUT2D eigenvalue weighted by Gasteiger charge is -2.10. The van der Waals surface area contributed by atoms with Gasteiger partial charge in [0.05, 0.1) is 38.0 Å². The SMILES string of the molecule is COc1ccc(OC)c(/C=C/C(=O)OCC(=O)Nc2ccc([N+](=O)[O-])cc2OC)c1. The van der Waals surface area contributed by atoms with Crippen molar-refractivity contribution in [1.29, 1.82) is 0 Å². The highest BCUT2D eigenvalue weighted by molar-refractivity contribution is 5.95. The van der Waals surface area contributed by atoms with Gasteiger partial charge in [-0.2, -0.15) is 0 Å². The molecule has 30 heavy (non-hydrogen) atoms. The molecule has 0 aromatic heterocycles. The molecule has 0 bridgehead atoms. The van der Waals surface area contributed by atoms with E-state index in [0.29, 0.717) is 17.1 Å². The average molecular weight is 416 g/mol. The molecule has 2 aromatic carbocycles. The lowest BCUT2D eigenvalue weighted by atomic mass is 10.1. The van der Waals surface area contributed by atoms with Crippen LogP contribution >= 0.6 is 0 Å². The number of nitro groups is 1. The van der Waals surface area contributed by atoms with Gasteiger partial charge < -0.3 is 24.3 Å². The van der Waals surface area contributed by atoms with Crippen LogP contribution in [0.2, 0.25) is 0 Å². The normalized spacial score (nSPS) is 10.4. The molecule has 0 aliphatic heterocycles. The van der Waals surface area contributed by atoms with Crippen LogP contribution in [0.15, 0.2) is 42.5 Å². The van der Waals surface area contributed by atoms with Crippen LogP contribution in [0.5, 0.6) is 17.2 Å². The lowest BCUT2D eigenvalue weighted by Crippen LogP contribution is -2.20. The van der Waals surface area contributed by atoms with Gasteiger partial charge in [0.2, 0.25) is 0 Å². The molecule has 2 aromatic rings. The summed E-state index contributed by atoms with van der Waals surface area (Å²) in [5.74, 6) is -0.162. The summed E-state index contributed by atoms with van der Waals surface area (Å²) in [6, 6.07) is 8.79. The van der Waals surface area contributed by atoms with Crippen molar-refractivity contribution in [1.82, 2.24) is 0 Å². The largest absolute Gasteiger partial charge is 0.497 e. The fourth-order valence-electron chi connectivity index (χ4n) is 2.40. The van der Waals surface area contributed by atoms with Crippen molar-refractivity contribution >= 4 is 29.3 Å². The molecule has 0 heterocycles. The summed E-state index contributed by atoms with van der Waals surface area (Å²) in [4.78, 5) is 34.2. The standard InChI is InChI=1S/C20H20N2O8/c1-27-15-6-8-17(28-2)13(10-15)4-9-20(24)30-12-19(23)21-16-7-5-14(22(25)26)11-18(16)29-3/h4-11H,12H2,1-3H3,(H,21,23)/b9-4+. The molecule has 2 rings (SSSR count). The number of hydrogen-bond donors (Lipinski definition) is 1. The molecule has 0 unspecified atom stereocenters. The van der Waals surface area contributed by atoms with E-state index >= 15 is 0 Å². The van der Waals surface area contributed by atoms with E-state index in [1.807, 2.05) is 0 Å². The number of nitrogens with zero attached hydrogens (tertiary/aromatic N) is 1. The van der Waals surface area contributed by atoms with Crippen molar-refractivity contribution in [2.75, 3.05) is 33.3 Å². The number of methoxy groups -OCH3 is 3. The van der Waals surface area contributed by atoms with Crippen molar-refractivity contribution < 1.29 is 33.5 Å². The van der Waals surface area contributed by atoms with Gasteiger partial charge in [0.25, 0.3) is 11.6 Å². The second-order valence-electron chi connectivity index (χ2n) is 5.74. The second kappa shape index (κ2) is 10.5. The predicted octanol–water partition coefficient (Wildman–Crippen LogP) is 2.82. The summed E-state index contributed by atoms with van der Waals surface area (Å²) < 4.78 is 20.3. The topological polar surface area (TPSA) is 126 Å². The Labute approximate surface area is 172 Å². The van der Waals surface area contributed by atoms with Crippen LogP contribution in [0.1, 0.15) is 5.56 Å². The number of hydrogen-bond acceptors (Lipinski definition) is 8. The molecule has 1 N–H and O–H groups in total. The molecule has 10 heteroatoms. The van der Waals surface area contributed by atoms with E-state index in [1.165, 1.54) is 45.6 Å². The zero-order valence-corrected chi connectivity index (χ0v) is 16.5. The van der Waals surface area contributed by atoms with Gasteiger partial charge in [-0.25, -0.2) is 4.79 Å². The predicted molar refractivity (Wildman–Crippen MR) is 108 cm³/mol. The summed E-state index contributed by atoms with van der Waals surface area (Å²) in [6.07, 6.45) is 2.62. The molecule has 0 aliphatic carbocycles. The highest BCUT2D eigenvalue weighted by Crippen LogP contribution is 2.29. The molecular formula is C20H20N2O8. The molecule has 10 nitrogen and oxygen atoms in total. The van der Waals surface area contributed by atoms with Crippen LogP contribution < -0.4 is 19.5 Å². The zero-order chi connectivity index (χ0) is 22.1. The molecule has 0 saturated carbocycles. The number of rotatable bonds is 9. The van der Waals surface area contributed by atoms with Crippen LogP contribution in [0.3, 0.4) is 0 Å². The molecule has 0 saturated heterocycles. The minimum absolute atomic E-state index is 0.105. The number of nitrogens with one attached hydrogen (secondary N) is 1. The first kappa shape index (κ1) is 22.2. The fraction of sp³-hybridized carbons (Fsp3) is 0.200. The average Bonchev–Trinajstić information content (AvgIpc) is 2.75. The van der Waals surface area contributed by atoms with E-state index in [1.54, 1.807) is 18.2 Å². The van der Waals surface area contributed by atoms with Crippen LogP contribution in [0, 0.1) is 10.1 Å². The number of carbonyl (C=O) groups excluding carboxylic acids is 2. The lowest BCUT2D eigenvalue weighted by molar-refractivity contribution is -0.384. The maximum absolute atomic E-state index is 12.0. The molecule has 0 aliphatic rings. The Hall–Kier alpha value is -4.08. The number of amides is 1. The third-order valence-corrected chi connectivity index (χ3v) is 3.85. The Morgan fingerprint density at radius 3 is 2.40 bits per heavy atom. The van der Waals surface area contributed by atoms with Crippen LogP contribution in [0.4, 0.5) is 11.4 Å². The third-order valence-electron chi connectivity index (χ3n) is 3.85. The van der Waals surface area contributed by atoms with Crippen LogP contribution in [-0.4, -0.2) is 44.7 Å². The number of carbonyl (C=O) groups is 2. The first-order valence-corrected chi connectivity index (χ1v) is 8.57. The molecular weight excluding hydrogens is 396 g/mol. The van der Waals surface area contributed by atoms with E-state index < -0.39 is 23.4 Å². The van der Waals surface area contributed by atoms with Gasteiger partial charge in [0.1, 0.15) is 17.2 Å². The fourth-order valence-corrected chi connectivity index (χ4v) is 2.40. The van der Waals surface area contributed by atoms with E-state index in [2.05, 4.69) is 5.32 Å². The van der Waals surface area contributed by atoms with E-state index in [9.17, 15) is 19.7 Å². The summed E-state index contributed by atoms with van der Waals surface area (Å²) in [6.45, 7) is -0.557. The Morgan fingerprint density at radius 2 is 1.77 bits per heavy atom. The molecule has 0 atom stereocenters. The van der Waals surface area contributed by atoms with Crippen molar-refractivity contribution in [2.45, 2.75) is 0 Å². The van der Waals surface area contributed by atoms with Crippen molar-refractivity contribution in [2.24, 2.45) is 0 Å². The highest BCUT2D eigenvalue weighted by Gasteiger charge is 2.14. The monoisotopic (exact) mass is 416 g/mol. The Kier molecular flexibility index (Phi) is 7.74. The number of nitro benzene ring substituents is 1. The maximum Gasteiger partial charge on any atom is 0.331 e. The van der Waals surface area contributed by atoms with Crippen molar-refractivity contribution in [3.05, 3.63) is 58.2 Å². The number of esters is 1. The minimum atomic E-state index is -0.745. The number of non-ortho nitro benzene ring substituents is 1. The number of ether oxygens (including phenoxy) is 4. The summed E-state index contributed by atoms with van der Waals surface area (Å²) in [5, 5.41) is 13.3. The van der Waals surface area contributed by atoms with Crippen molar-refractivity contribution in [3.63, 3.8) is 0 Å². The molecule has 0 spiro atoms. The smallest absolute Gasteiger partial charge is 0.331 e. The maximum atomic E-state index is 12.0. The van der Waals surface area contributed by atoms with Gasteiger partial charge in [0, 0.05) is 17.7 Å². The van der Waals surface area contributed by atoms with E-state index in [4.69, 9.17) is 18.9 Å². The highest BCUT2D eigenvalue weighted by atomic mass is 16.6. The van der Waals surface area contributed by atoms with Crippen molar-refractivity contribution in [3.8, 4) is 17.2 Å². The van der Waals surface area contributed by atoms with Gasteiger partial charge in [-0.15, -0.1) is 0 Å². The third kappa shape index (κ3) is 5.96. The van der Waals surface area contributed by atoms with Gasteiger partial charge in [-0.05, 0) is 30.3 Å². The van der Waals surface area contributed by atoms with Crippen LogP contribution in [-0.2, 0) is 14.3 Å². The Bertz CT molecular complexity index is 971. The molecule has 0 fully saturated rings. The summed E-state index contributed by atoms with van der Waals surface area (Å²) in [5.41, 5.74) is 0.615. The summed E-state index contributed by atoms with van der Waals surface area (Å²) >= 11 is 0. The second-order valence-corrected chi connectivity index (χ2v) is 5.74. The Morgan fingerprint density at radius 1 is 1.03 bits per heavy atom. The van der Waals surface area contributed by atoms with Gasteiger partial charge in [-0.1, -0.05) is 0 Å². The molecule has 1 amide bonds. The molecule has 0 radical (unpaired) electrons. The van der Waals surface area contributed by atoms with Gasteiger partial charge in [0.15, 0.2) is 6.61 Å².